The third kappa shape index (κ3) is 5.80. The van der Waals surface area contributed by atoms with E-state index < -0.39 is 35.5 Å². The van der Waals surface area contributed by atoms with Crippen molar-refractivity contribution in [1.82, 2.24) is 15.1 Å². The molecule has 0 aliphatic carbocycles. The average molecular weight is 502 g/mol. The lowest BCUT2D eigenvalue weighted by Crippen LogP contribution is -2.52. The Morgan fingerprint density at radius 1 is 1.06 bits per heavy atom. The van der Waals surface area contributed by atoms with Gasteiger partial charge in [-0.15, -0.1) is 0 Å². The summed E-state index contributed by atoms with van der Waals surface area (Å²) in [5.74, 6) is -3.05. The van der Waals surface area contributed by atoms with Gasteiger partial charge in [0.25, 0.3) is 11.8 Å². The SMILES string of the molecule is NC(=O)c1ccccc1N1CCN(CCCNC(=O)N2C(=O)COCC2c2ccc(F)c(F)c2)CC1. The lowest BCUT2D eigenvalue weighted by atomic mass is 10.0. The molecule has 4 amide bonds. The van der Waals surface area contributed by atoms with E-state index >= 15 is 0 Å². The number of urea groups is 1. The lowest BCUT2D eigenvalue weighted by Gasteiger charge is -2.37. The van der Waals surface area contributed by atoms with Crippen LogP contribution in [0, 0.1) is 11.6 Å². The van der Waals surface area contributed by atoms with Crippen molar-refractivity contribution in [2.45, 2.75) is 12.5 Å². The van der Waals surface area contributed by atoms with Crippen molar-refractivity contribution in [1.29, 1.82) is 0 Å². The lowest BCUT2D eigenvalue weighted by molar-refractivity contribution is -0.143. The number of morpholine rings is 1. The summed E-state index contributed by atoms with van der Waals surface area (Å²) in [6.45, 7) is 3.92. The van der Waals surface area contributed by atoms with E-state index in [2.05, 4.69) is 15.1 Å². The summed E-state index contributed by atoms with van der Waals surface area (Å²) in [7, 11) is 0. The zero-order valence-corrected chi connectivity index (χ0v) is 19.8. The maximum Gasteiger partial charge on any atom is 0.324 e. The molecule has 0 saturated carbocycles. The Balaban J connectivity index is 1.25. The molecule has 3 N–H and O–H groups in total. The molecule has 2 heterocycles. The summed E-state index contributed by atoms with van der Waals surface area (Å²) in [6, 6.07) is 9.15. The Bertz CT molecular complexity index is 1120. The van der Waals surface area contributed by atoms with Gasteiger partial charge in [0, 0.05) is 38.4 Å². The second kappa shape index (κ2) is 11.4. The van der Waals surface area contributed by atoms with Gasteiger partial charge in [0.05, 0.1) is 18.2 Å². The summed E-state index contributed by atoms with van der Waals surface area (Å²) in [5, 5.41) is 2.76. The zero-order chi connectivity index (χ0) is 25.7. The van der Waals surface area contributed by atoms with Crippen LogP contribution in [0.25, 0.3) is 0 Å². The van der Waals surface area contributed by atoms with Crippen LogP contribution in [-0.4, -0.2) is 80.1 Å². The summed E-state index contributed by atoms with van der Waals surface area (Å²) >= 11 is 0. The Kier molecular flexibility index (Phi) is 8.11. The first-order chi connectivity index (χ1) is 17.3. The number of ether oxygens (including phenoxy) is 1. The molecular weight excluding hydrogens is 472 g/mol. The first kappa shape index (κ1) is 25.5. The number of nitrogens with one attached hydrogen (secondary N) is 1. The van der Waals surface area contributed by atoms with Gasteiger partial charge in [0.2, 0.25) is 0 Å². The molecule has 192 valence electrons. The average Bonchev–Trinajstić information content (AvgIpc) is 2.88. The van der Waals surface area contributed by atoms with E-state index in [0.717, 1.165) is 55.4 Å². The molecule has 36 heavy (non-hydrogen) atoms. The number of halogens is 2. The monoisotopic (exact) mass is 501 g/mol. The second-order valence-corrected chi connectivity index (χ2v) is 8.76. The van der Waals surface area contributed by atoms with Gasteiger partial charge in [0.1, 0.15) is 6.61 Å². The molecule has 2 aromatic rings. The van der Waals surface area contributed by atoms with Crippen LogP contribution in [0.1, 0.15) is 28.4 Å². The number of amides is 4. The van der Waals surface area contributed by atoms with Gasteiger partial charge in [-0.05, 0) is 42.8 Å². The number of nitrogens with two attached hydrogens (primary N) is 1. The number of para-hydroxylation sites is 1. The third-order valence-electron chi connectivity index (χ3n) is 6.44. The topological polar surface area (TPSA) is 108 Å². The maximum atomic E-state index is 13.7. The summed E-state index contributed by atoms with van der Waals surface area (Å²) < 4.78 is 32.3. The molecule has 2 aliphatic rings. The highest BCUT2D eigenvalue weighted by molar-refractivity contribution is 5.98. The normalized spacial score (nSPS) is 18.8. The molecule has 0 bridgehead atoms. The van der Waals surface area contributed by atoms with Gasteiger partial charge in [-0.25, -0.2) is 13.6 Å². The maximum absolute atomic E-state index is 13.7. The Labute approximate surface area is 207 Å². The molecule has 2 fully saturated rings. The molecule has 2 saturated heterocycles. The minimum absolute atomic E-state index is 0.00733. The van der Waals surface area contributed by atoms with E-state index in [-0.39, 0.29) is 18.8 Å². The predicted molar refractivity (Wildman–Crippen MR) is 128 cm³/mol. The molecule has 4 rings (SSSR count). The standard InChI is InChI=1S/C25H29F2N5O4/c26-19-7-6-17(14-20(19)27)22-15-36-16-23(33)32(22)25(35)29-8-3-9-30-10-12-31(13-11-30)21-5-2-1-4-18(21)24(28)34/h1-2,4-7,14,22H,3,8-13,15-16H2,(H2,28,34)(H,29,35). The van der Waals surface area contributed by atoms with E-state index in [1.807, 2.05) is 12.1 Å². The number of piperazine rings is 1. The molecule has 9 nitrogen and oxygen atoms in total. The van der Waals surface area contributed by atoms with Crippen molar-refractivity contribution in [3.63, 3.8) is 0 Å². The zero-order valence-electron chi connectivity index (χ0n) is 19.8. The van der Waals surface area contributed by atoms with Crippen LogP contribution in [0.2, 0.25) is 0 Å². The number of rotatable bonds is 7. The van der Waals surface area contributed by atoms with Crippen molar-refractivity contribution in [2.24, 2.45) is 5.73 Å². The van der Waals surface area contributed by atoms with Crippen LogP contribution in [0.3, 0.4) is 0 Å². The van der Waals surface area contributed by atoms with Gasteiger partial charge < -0.3 is 20.7 Å². The molecule has 2 aromatic carbocycles. The van der Waals surface area contributed by atoms with Gasteiger partial charge in [-0.2, -0.15) is 0 Å². The first-order valence-electron chi connectivity index (χ1n) is 11.8. The van der Waals surface area contributed by atoms with E-state index in [4.69, 9.17) is 10.5 Å². The summed E-state index contributed by atoms with van der Waals surface area (Å²) in [6.07, 6.45) is 0.665. The molecular formula is C25H29F2N5O4. The summed E-state index contributed by atoms with van der Waals surface area (Å²) in [5.41, 5.74) is 7.13. The largest absolute Gasteiger partial charge is 0.369 e. The molecule has 0 radical (unpaired) electrons. The number of imide groups is 1. The van der Waals surface area contributed by atoms with Crippen LogP contribution < -0.4 is 16.0 Å². The minimum Gasteiger partial charge on any atom is -0.369 e. The third-order valence-corrected chi connectivity index (χ3v) is 6.44. The van der Waals surface area contributed by atoms with Gasteiger partial charge in [-0.1, -0.05) is 18.2 Å². The van der Waals surface area contributed by atoms with Crippen molar-refractivity contribution < 1.29 is 27.9 Å². The summed E-state index contributed by atoms with van der Waals surface area (Å²) in [4.78, 5) is 42.3. The number of hydrogen-bond donors (Lipinski definition) is 2. The highest BCUT2D eigenvalue weighted by Crippen LogP contribution is 2.26. The van der Waals surface area contributed by atoms with Crippen molar-refractivity contribution in [3.8, 4) is 0 Å². The molecule has 0 aromatic heterocycles. The van der Waals surface area contributed by atoms with Crippen molar-refractivity contribution in [2.75, 3.05) is 57.4 Å². The van der Waals surface area contributed by atoms with E-state index in [9.17, 15) is 23.2 Å². The van der Waals surface area contributed by atoms with Gasteiger partial charge >= 0.3 is 6.03 Å². The van der Waals surface area contributed by atoms with Crippen LogP contribution in [0.5, 0.6) is 0 Å². The molecule has 1 unspecified atom stereocenters. The molecule has 1 atom stereocenters. The van der Waals surface area contributed by atoms with Crippen LogP contribution in [0.4, 0.5) is 19.3 Å². The minimum atomic E-state index is -1.05. The van der Waals surface area contributed by atoms with Gasteiger partial charge in [0.15, 0.2) is 11.6 Å². The fraction of sp³-hybridized carbons (Fsp3) is 0.400. The van der Waals surface area contributed by atoms with Crippen molar-refractivity contribution >= 4 is 23.5 Å². The molecule has 11 heteroatoms. The first-order valence-corrected chi connectivity index (χ1v) is 11.8. The Morgan fingerprint density at radius 2 is 1.81 bits per heavy atom. The quantitative estimate of drug-likeness (QED) is 0.561. The Morgan fingerprint density at radius 3 is 2.53 bits per heavy atom. The van der Waals surface area contributed by atoms with E-state index in [1.165, 1.54) is 6.07 Å². The highest BCUT2D eigenvalue weighted by atomic mass is 19.2. The van der Waals surface area contributed by atoms with E-state index in [1.54, 1.807) is 12.1 Å². The molecule has 0 spiro atoms. The van der Waals surface area contributed by atoms with Crippen LogP contribution in [-0.2, 0) is 9.53 Å². The van der Waals surface area contributed by atoms with Crippen LogP contribution >= 0.6 is 0 Å². The van der Waals surface area contributed by atoms with Crippen molar-refractivity contribution in [3.05, 3.63) is 65.2 Å². The number of nitrogens with zero attached hydrogens (tertiary/aromatic N) is 3. The number of anilines is 1. The number of benzene rings is 2. The fourth-order valence-electron chi connectivity index (χ4n) is 4.55. The smallest absolute Gasteiger partial charge is 0.324 e. The van der Waals surface area contributed by atoms with E-state index in [0.29, 0.717) is 18.5 Å². The predicted octanol–water partition coefficient (Wildman–Crippen LogP) is 1.89. The number of hydrogen-bond acceptors (Lipinski definition) is 6. The van der Waals surface area contributed by atoms with Gasteiger partial charge in [-0.3, -0.25) is 19.4 Å². The highest BCUT2D eigenvalue weighted by Gasteiger charge is 2.35. The number of carbonyl (C=O) groups is 3. The van der Waals surface area contributed by atoms with Crippen LogP contribution in [0.15, 0.2) is 42.5 Å². The Hall–Kier alpha value is -3.57. The molecule has 2 aliphatic heterocycles. The number of primary amides is 1. The number of carbonyl (C=O) groups excluding carboxylic acids is 3. The fourth-order valence-corrected chi connectivity index (χ4v) is 4.55. The second-order valence-electron chi connectivity index (χ2n) is 8.76.